The van der Waals surface area contributed by atoms with Gasteiger partial charge in [0.2, 0.25) is 0 Å². The first-order valence-electron chi connectivity index (χ1n) is 17.4. The molecule has 0 aliphatic carbocycles. The molecule has 0 bridgehead atoms. The Kier molecular flexibility index (Phi) is 16.7. The molecule has 0 aliphatic rings. The molecule has 52 heavy (non-hydrogen) atoms. The van der Waals surface area contributed by atoms with E-state index in [1.165, 1.54) is 0 Å². The summed E-state index contributed by atoms with van der Waals surface area (Å²) in [5.41, 5.74) is 11.8. The van der Waals surface area contributed by atoms with Gasteiger partial charge in [-0.15, -0.1) is 0 Å². The standard InChI is InChI=1S/C23H28ClNO4.C19H22ClNO2/c1-5-28-21(26)15-20(25-22(27)29-23(2,3)4)13-16-9-11-17(12-10-16)18-7-6-8-19(24)14-18;1-3-23-19(22)13(2)18(21)11-14-7-9-15(10-8-14)16-5-4-6-17(20)12-16/h6-12,14,20H,5,13,15H2,1-4H3,(H,25,27);4-10,12-13,18H,3,11,21H2,1-2H3/t20-;13?,18-/m11/s1. The summed E-state index contributed by atoms with van der Waals surface area (Å²) in [6.07, 6.45) is 0.634. The van der Waals surface area contributed by atoms with Crippen LogP contribution in [-0.2, 0) is 36.6 Å². The highest BCUT2D eigenvalue weighted by atomic mass is 35.5. The van der Waals surface area contributed by atoms with Crippen molar-refractivity contribution in [2.75, 3.05) is 13.2 Å². The molecule has 0 saturated carbocycles. The van der Waals surface area contributed by atoms with Gasteiger partial charge >= 0.3 is 18.0 Å². The van der Waals surface area contributed by atoms with Gasteiger partial charge in [0.1, 0.15) is 5.60 Å². The molecule has 1 unspecified atom stereocenters. The first-order chi connectivity index (χ1) is 24.7. The highest BCUT2D eigenvalue weighted by Gasteiger charge is 2.23. The van der Waals surface area contributed by atoms with Crippen LogP contribution in [0.1, 0.15) is 59.1 Å². The fourth-order valence-electron chi connectivity index (χ4n) is 5.25. The molecule has 4 aromatic rings. The van der Waals surface area contributed by atoms with Gasteiger partial charge in [-0.25, -0.2) is 4.79 Å². The molecular weight excluding hydrogens is 699 g/mol. The van der Waals surface area contributed by atoms with Crippen LogP contribution in [0.5, 0.6) is 0 Å². The number of halogens is 2. The largest absolute Gasteiger partial charge is 0.466 e. The Balaban J connectivity index is 0.000000288. The van der Waals surface area contributed by atoms with Gasteiger partial charge in [0.25, 0.3) is 0 Å². The molecule has 0 radical (unpaired) electrons. The highest BCUT2D eigenvalue weighted by molar-refractivity contribution is 6.31. The van der Waals surface area contributed by atoms with Crippen molar-refractivity contribution in [1.29, 1.82) is 0 Å². The molecule has 278 valence electrons. The Labute approximate surface area is 317 Å². The zero-order valence-corrected chi connectivity index (χ0v) is 32.3. The van der Waals surface area contributed by atoms with Gasteiger partial charge in [-0.05, 0) is 105 Å². The van der Waals surface area contributed by atoms with Gasteiger partial charge in [0.05, 0.1) is 25.6 Å². The van der Waals surface area contributed by atoms with Gasteiger partial charge in [0, 0.05) is 22.1 Å². The van der Waals surface area contributed by atoms with Gasteiger partial charge in [-0.2, -0.15) is 0 Å². The zero-order valence-electron chi connectivity index (χ0n) is 30.8. The second kappa shape index (κ2) is 20.6. The lowest BCUT2D eigenvalue weighted by molar-refractivity contribution is -0.148. The topological polar surface area (TPSA) is 117 Å². The van der Waals surface area contributed by atoms with Crippen molar-refractivity contribution in [1.82, 2.24) is 5.32 Å². The average Bonchev–Trinajstić information content (AvgIpc) is 3.08. The molecule has 1 amide bonds. The van der Waals surface area contributed by atoms with Crippen LogP contribution >= 0.6 is 23.2 Å². The molecule has 0 spiro atoms. The quantitative estimate of drug-likeness (QED) is 0.103. The smallest absolute Gasteiger partial charge is 0.407 e. The Morgan fingerprint density at radius 1 is 0.712 bits per heavy atom. The molecule has 0 fully saturated rings. The minimum absolute atomic E-state index is 0.0725. The number of ether oxygens (including phenoxy) is 3. The second-order valence-corrected chi connectivity index (χ2v) is 14.3. The van der Waals surface area contributed by atoms with Crippen molar-refractivity contribution in [3.8, 4) is 22.3 Å². The summed E-state index contributed by atoms with van der Waals surface area (Å²) in [5, 5.41) is 4.19. The molecule has 8 nitrogen and oxygen atoms in total. The number of amides is 1. The minimum Gasteiger partial charge on any atom is -0.466 e. The lowest BCUT2D eigenvalue weighted by Crippen LogP contribution is -2.41. The SMILES string of the molecule is CCOC(=O)C(C)[C@H](N)Cc1ccc(-c2cccc(Cl)c2)cc1.CCOC(=O)C[C@@H](Cc1ccc(-c2cccc(Cl)c2)cc1)NC(=O)OC(C)(C)C. The third-order valence-electron chi connectivity index (χ3n) is 7.92. The molecule has 4 aromatic carbocycles. The van der Waals surface area contributed by atoms with Crippen LogP contribution in [0.4, 0.5) is 4.79 Å². The van der Waals surface area contributed by atoms with Crippen molar-refractivity contribution in [2.24, 2.45) is 11.7 Å². The van der Waals surface area contributed by atoms with E-state index in [9.17, 15) is 14.4 Å². The molecule has 3 atom stereocenters. The van der Waals surface area contributed by atoms with Crippen molar-refractivity contribution in [2.45, 2.75) is 78.5 Å². The van der Waals surface area contributed by atoms with Crippen molar-refractivity contribution in [3.63, 3.8) is 0 Å². The van der Waals surface area contributed by atoms with E-state index in [0.717, 1.165) is 38.4 Å². The summed E-state index contributed by atoms with van der Waals surface area (Å²) in [6.45, 7) is 11.4. The minimum atomic E-state index is -0.614. The predicted molar refractivity (Wildman–Crippen MR) is 209 cm³/mol. The summed E-state index contributed by atoms with van der Waals surface area (Å²) in [4.78, 5) is 35.9. The summed E-state index contributed by atoms with van der Waals surface area (Å²) >= 11 is 12.1. The van der Waals surface area contributed by atoms with Crippen molar-refractivity contribution in [3.05, 3.63) is 118 Å². The zero-order chi connectivity index (χ0) is 38.3. The van der Waals surface area contributed by atoms with E-state index in [1.54, 1.807) is 34.6 Å². The number of hydrogen-bond donors (Lipinski definition) is 2. The third kappa shape index (κ3) is 14.7. The van der Waals surface area contributed by atoms with E-state index in [-0.39, 0.29) is 30.3 Å². The molecule has 3 N–H and O–H groups in total. The number of carbonyl (C=O) groups is 3. The molecular formula is C42H50Cl2N2O6. The van der Waals surface area contributed by atoms with E-state index in [4.69, 9.17) is 43.1 Å². The fourth-order valence-corrected chi connectivity index (χ4v) is 5.63. The summed E-state index contributed by atoms with van der Waals surface area (Å²) < 4.78 is 15.4. The maximum absolute atomic E-state index is 12.2. The van der Waals surface area contributed by atoms with Crippen molar-refractivity contribution >= 4 is 41.2 Å². The van der Waals surface area contributed by atoms with Crippen molar-refractivity contribution < 1.29 is 28.6 Å². The van der Waals surface area contributed by atoms with Gasteiger partial charge < -0.3 is 25.3 Å². The van der Waals surface area contributed by atoms with E-state index < -0.39 is 17.7 Å². The second-order valence-electron chi connectivity index (χ2n) is 13.4. The molecule has 0 heterocycles. The number of alkyl carbamates (subject to hydrolysis) is 1. The van der Waals surface area contributed by atoms with E-state index in [0.29, 0.717) is 31.1 Å². The van der Waals surface area contributed by atoms with E-state index in [1.807, 2.05) is 104 Å². The first kappa shape index (κ1) is 42.0. The average molecular weight is 750 g/mol. The van der Waals surface area contributed by atoms with Gasteiger partial charge in [-0.1, -0.05) is 103 Å². The molecule has 0 aromatic heterocycles. The van der Waals surface area contributed by atoms with Crippen LogP contribution in [0.25, 0.3) is 22.3 Å². The summed E-state index contributed by atoms with van der Waals surface area (Å²) in [5.74, 6) is -0.915. The Morgan fingerprint density at radius 3 is 1.63 bits per heavy atom. The molecule has 0 aliphatic heterocycles. The molecule has 4 rings (SSSR count). The number of esters is 2. The predicted octanol–water partition coefficient (Wildman–Crippen LogP) is 9.47. The monoisotopic (exact) mass is 748 g/mol. The maximum atomic E-state index is 12.2. The lowest BCUT2D eigenvalue weighted by Gasteiger charge is -2.23. The Morgan fingerprint density at radius 2 is 1.19 bits per heavy atom. The lowest BCUT2D eigenvalue weighted by atomic mass is 9.94. The summed E-state index contributed by atoms with van der Waals surface area (Å²) in [7, 11) is 0. The number of hydrogen-bond acceptors (Lipinski definition) is 7. The van der Waals surface area contributed by atoms with E-state index >= 15 is 0 Å². The van der Waals surface area contributed by atoms with Crippen LogP contribution < -0.4 is 11.1 Å². The maximum Gasteiger partial charge on any atom is 0.407 e. The molecule has 0 saturated heterocycles. The molecule has 10 heteroatoms. The number of benzene rings is 4. The number of nitrogens with one attached hydrogen (secondary N) is 1. The van der Waals surface area contributed by atoms with Gasteiger partial charge in [-0.3, -0.25) is 9.59 Å². The Bertz CT molecular complexity index is 1740. The number of carbonyl (C=O) groups excluding carboxylic acids is 3. The normalized spacial score (nSPS) is 12.7. The van der Waals surface area contributed by atoms with Gasteiger partial charge in [0.15, 0.2) is 0 Å². The van der Waals surface area contributed by atoms with Crippen LogP contribution in [-0.4, -0.2) is 48.9 Å². The van der Waals surface area contributed by atoms with E-state index in [2.05, 4.69) is 5.32 Å². The summed E-state index contributed by atoms with van der Waals surface area (Å²) in [6, 6.07) is 30.8. The fraction of sp³-hybridized carbons (Fsp3) is 0.357. The highest BCUT2D eigenvalue weighted by Crippen LogP contribution is 2.25. The van der Waals surface area contributed by atoms with Crippen LogP contribution in [0.15, 0.2) is 97.1 Å². The third-order valence-corrected chi connectivity index (χ3v) is 8.39. The van der Waals surface area contributed by atoms with Crippen LogP contribution in [0, 0.1) is 5.92 Å². The van der Waals surface area contributed by atoms with Crippen LogP contribution in [0.3, 0.4) is 0 Å². The van der Waals surface area contributed by atoms with Crippen LogP contribution in [0.2, 0.25) is 10.0 Å². The number of rotatable bonds is 13. The first-order valence-corrected chi connectivity index (χ1v) is 18.2. The Hall–Kier alpha value is -4.37. The number of nitrogens with two attached hydrogens (primary N) is 1.